The van der Waals surface area contributed by atoms with Crippen molar-refractivity contribution in [2.45, 2.75) is 51.1 Å². The fraction of sp³-hybridized carbons (Fsp3) is 0.500. The highest BCUT2D eigenvalue weighted by Crippen LogP contribution is 2.49. The van der Waals surface area contributed by atoms with Crippen molar-refractivity contribution in [1.82, 2.24) is 4.90 Å². The van der Waals surface area contributed by atoms with Gasteiger partial charge in [-0.25, -0.2) is 4.79 Å². The fourth-order valence-corrected chi connectivity index (χ4v) is 3.12. The van der Waals surface area contributed by atoms with Crippen LogP contribution in [0.5, 0.6) is 0 Å². The van der Waals surface area contributed by atoms with Crippen molar-refractivity contribution in [1.29, 1.82) is 5.26 Å². The summed E-state index contributed by atoms with van der Waals surface area (Å²) >= 11 is 0. The van der Waals surface area contributed by atoms with E-state index in [1.807, 2.05) is 32.9 Å². The lowest BCUT2D eigenvalue weighted by Gasteiger charge is -2.54. The zero-order chi connectivity index (χ0) is 15.0. The van der Waals surface area contributed by atoms with Crippen LogP contribution in [-0.2, 0) is 5.54 Å². The Kier molecular flexibility index (Phi) is 3.47. The number of rotatable bonds is 2. The lowest BCUT2D eigenvalue weighted by atomic mass is 9.69. The van der Waals surface area contributed by atoms with Gasteiger partial charge in [0.25, 0.3) is 0 Å². The molecule has 1 aliphatic carbocycles. The summed E-state index contributed by atoms with van der Waals surface area (Å²) in [5, 5.41) is 18.5. The summed E-state index contributed by atoms with van der Waals surface area (Å²) in [4.78, 5) is 13.3. The highest BCUT2D eigenvalue weighted by Gasteiger charge is 2.50. The third-order valence-corrected chi connectivity index (χ3v) is 4.02. The van der Waals surface area contributed by atoms with E-state index < -0.39 is 17.2 Å². The second-order valence-corrected chi connectivity index (χ2v) is 6.36. The van der Waals surface area contributed by atoms with Crippen LogP contribution in [0.2, 0.25) is 0 Å². The summed E-state index contributed by atoms with van der Waals surface area (Å²) in [6, 6.07) is 9.39. The third-order valence-electron chi connectivity index (χ3n) is 4.02. The van der Waals surface area contributed by atoms with Crippen LogP contribution in [0.3, 0.4) is 0 Å². The monoisotopic (exact) mass is 272 g/mol. The molecule has 1 aromatic rings. The number of nitriles is 1. The van der Waals surface area contributed by atoms with E-state index in [0.717, 1.165) is 24.8 Å². The van der Waals surface area contributed by atoms with Crippen molar-refractivity contribution in [3.8, 4) is 6.07 Å². The van der Waals surface area contributed by atoms with Gasteiger partial charge in [0, 0.05) is 5.54 Å². The van der Waals surface area contributed by atoms with Crippen LogP contribution in [0.4, 0.5) is 4.79 Å². The van der Waals surface area contributed by atoms with Gasteiger partial charge in [-0.15, -0.1) is 0 Å². The summed E-state index contributed by atoms with van der Waals surface area (Å²) in [5.74, 6) is 0. The van der Waals surface area contributed by atoms with Crippen LogP contribution in [0.25, 0.3) is 0 Å². The molecule has 0 bridgehead atoms. The van der Waals surface area contributed by atoms with Crippen molar-refractivity contribution < 1.29 is 9.90 Å². The average Bonchev–Trinajstić information content (AvgIpc) is 2.31. The summed E-state index contributed by atoms with van der Waals surface area (Å²) < 4.78 is 0. The fourth-order valence-electron chi connectivity index (χ4n) is 3.12. The van der Waals surface area contributed by atoms with E-state index in [-0.39, 0.29) is 0 Å². The van der Waals surface area contributed by atoms with Crippen LogP contribution >= 0.6 is 0 Å². The van der Waals surface area contributed by atoms with E-state index in [0.29, 0.717) is 5.56 Å². The second-order valence-electron chi connectivity index (χ2n) is 6.36. The quantitative estimate of drug-likeness (QED) is 0.892. The lowest BCUT2D eigenvalue weighted by Crippen LogP contribution is -2.60. The van der Waals surface area contributed by atoms with Gasteiger partial charge in [-0.1, -0.05) is 12.1 Å². The molecule has 0 radical (unpaired) electrons. The minimum Gasteiger partial charge on any atom is -0.465 e. The first-order valence-electron chi connectivity index (χ1n) is 6.85. The van der Waals surface area contributed by atoms with Crippen molar-refractivity contribution in [3.63, 3.8) is 0 Å². The summed E-state index contributed by atoms with van der Waals surface area (Å²) in [5.41, 5.74) is 0.680. The number of nitrogens with zero attached hydrogens (tertiary/aromatic N) is 2. The average molecular weight is 272 g/mol. The zero-order valence-electron chi connectivity index (χ0n) is 12.2. The SMILES string of the molecule is CC(C)(C)N(C(=O)O)C1(c2ccc(C#N)cc2)CCC1. The first kappa shape index (κ1) is 14.4. The minimum atomic E-state index is -0.887. The molecule has 1 aliphatic rings. The van der Waals surface area contributed by atoms with Gasteiger partial charge in [0.1, 0.15) is 0 Å². The maximum absolute atomic E-state index is 11.8. The van der Waals surface area contributed by atoms with E-state index in [9.17, 15) is 9.90 Å². The molecule has 0 spiro atoms. The van der Waals surface area contributed by atoms with E-state index in [1.165, 1.54) is 0 Å². The van der Waals surface area contributed by atoms with Gasteiger partial charge in [0.15, 0.2) is 0 Å². The van der Waals surface area contributed by atoms with Crippen molar-refractivity contribution in [2.75, 3.05) is 0 Å². The van der Waals surface area contributed by atoms with Crippen molar-refractivity contribution >= 4 is 6.09 Å². The molecule has 0 aromatic heterocycles. The Morgan fingerprint density at radius 1 is 1.30 bits per heavy atom. The van der Waals surface area contributed by atoms with E-state index in [4.69, 9.17) is 5.26 Å². The Morgan fingerprint density at radius 2 is 1.85 bits per heavy atom. The molecule has 1 aromatic carbocycles. The van der Waals surface area contributed by atoms with Crippen LogP contribution in [0, 0.1) is 11.3 Å². The van der Waals surface area contributed by atoms with E-state index in [1.54, 1.807) is 17.0 Å². The van der Waals surface area contributed by atoms with E-state index >= 15 is 0 Å². The summed E-state index contributed by atoms with van der Waals surface area (Å²) in [7, 11) is 0. The maximum Gasteiger partial charge on any atom is 0.408 e. The van der Waals surface area contributed by atoms with Gasteiger partial charge in [0.05, 0.1) is 17.2 Å². The van der Waals surface area contributed by atoms with E-state index in [2.05, 4.69) is 6.07 Å². The number of carboxylic acid groups (broad SMARTS) is 1. The Labute approximate surface area is 119 Å². The van der Waals surface area contributed by atoms with Crippen LogP contribution in [0.1, 0.15) is 51.2 Å². The Balaban J connectivity index is 2.47. The minimum absolute atomic E-state index is 0.446. The molecule has 1 fully saturated rings. The van der Waals surface area contributed by atoms with Crippen LogP contribution in [-0.4, -0.2) is 21.6 Å². The molecule has 1 amide bonds. The Bertz CT molecular complexity index is 545. The largest absolute Gasteiger partial charge is 0.465 e. The number of hydrogen-bond acceptors (Lipinski definition) is 2. The predicted molar refractivity (Wildman–Crippen MR) is 76.3 cm³/mol. The highest BCUT2D eigenvalue weighted by molar-refractivity contribution is 5.68. The first-order valence-corrected chi connectivity index (χ1v) is 6.85. The maximum atomic E-state index is 11.8. The number of hydrogen-bond donors (Lipinski definition) is 1. The standard InChI is InChI=1S/C16H20N2O2/c1-15(2,3)18(14(19)20)16(9-4-10-16)13-7-5-12(11-17)6-8-13/h5-8H,4,9-10H2,1-3H3,(H,19,20). The van der Waals surface area contributed by atoms with Crippen molar-refractivity contribution in [2.24, 2.45) is 0 Å². The lowest BCUT2D eigenvalue weighted by molar-refractivity contribution is -0.0328. The molecule has 0 aliphatic heterocycles. The molecule has 4 nitrogen and oxygen atoms in total. The van der Waals surface area contributed by atoms with Crippen molar-refractivity contribution in [3.05, 3.63) is 35.4 Å². The molecule has 20 heavy (non-hydrogen) atoms. The summed E-state index contributed by atoms with van der Waals surface area (Å²) in [6.45, 7) is 5.76. The summed E-state index contributed by atoms with van der Waals surface area (Å²) in [6.07, 6.45) is 1.81. The molecule has 2 rings (SSSR count). The number of benzene rings is 1. The molecule has 1 N–H and O–H groups in total. The van der Waals surface area contributed by atoms with Gasteiger partial charge < -0.3 is 5.11 Å². The first-order chi connectivity index (χ1) is 9.31. The number of amides is 1. The molecule has 0 unspecified atom stereocenters. The molecule has 0 atom stereocenters. The molecule has 106 valence electrons. The molecule has 4 heteroatoms. The zero-order valence-corrected chi connectivity index (χ0v) is 12.2. The van der Waals surface area contributed by atoms with Crippen LogP contribution in [0.15, 0.2) is 24.3 Å². The second kappa shape index (κ2) is 4.82. The molecule has 1 saturated carbocycles. The smallest absolute Gasteiger partial charge is 0.408 e. The highest BCUT2D eigenvalue weighted by atomic mass is 16.4. The molecular weight excluding hydrogens is 252 g/mol. The predicted octanol–water partition coefficient (Wildman–Crippen LogP) is 3.72. The van der Waals surface area contributed by atoms with Gasteiger partial charge >= 0.3 is 6.09 Å². The molecule has 0 heterocycles. The van der Waals surface area contributed by atoms with Gasteiger partial charge in [0.2, 0.25) is 0 Å². The van der Waals surface area contributed by atoms with Gasteiger partial charge in [-0.2, -0.15) is 5.26 Å². The topological polar surface area (TPSA) is 64.3 Å². The normalized spacial score (nSPS) is 16.9. The van der Waals surface area contributed by atoms with Gasteiger partial charge in [-0.05, 0) is 57.7 Å². The third kappa shape index (κ3) is 2.24. The number of carbonyl (C=O) groups is 1. The Hall–Kier alpha value is -2.02. The molecular formula is C16H20N2O2. The Morgan fingerprint density at radius 3 is 2.15 bits per heavy atom. The van der Waals surface area contributed by atoms with Crippen LogP contribution < -0.4 is 0 Å². The van der Waals surface area contributed by atoms with Gasteiger partial charge in [-0.3, -0.25) is 4.90 Å². The molecule has 0 saturated heterocycles.